The Morgan fingerprint density at radius 1 is 1.45 bits per heavy atom. The molecule has 1 aromatic carbocycles. The van der Waals surface area contributed by atoms with Crippen LogP contribution in [0.2, 0.25) is 0 Å². The van der Waals surface area contributed by atoms with E-state index in [0.29, 0.717) is 6.04 Å². The molecule has 1 unspecified atom stereocenters. The van der Waals surface area contributed by atoms with Crippen molar-refractivity contribution < 1.29 is 9.47 Å². The first-order valence-electron chi connectivity index (χ1n) is 7.43. The number of halogens is 1. The van der Waals surface area contributed by atoms with Crippen molar-refractivity contribution in [1.29, 1.82) is 0 Å². The molecular weight excluding hydrogens is 318 g/mol. The van der Waals surface area contributed by atoms with Crippen LogP contribution in [0.1, 0.15) is 30.9 Å². The molecule has 3 nitrogen and oxygen atoms in total. The molecule has 1 aliphatic rings. The molecule has 20 heavy (non-hydrogen) atoms. The third-order valence-corrected chi connectivity index (χ3v) is 4.20. The maximum absolute atomic E-state index is 5.80. The number of benzene rings is 1. The molecule has 1 N–H and O–H groups in total. The number of hydrogen-bond donors (Lipinski definition) is 1. The Morgan fingerprint density at radius 3 is 3.05 bits per heavy atom. The first-order chi connectivity index (χ1) is 9.74. The zero-order chi connectivity index (χ0) is 14.4. The van der Waals surface area contributed by atoms with E-state index < -0.39 is 0 Å². The van der Waals surface area contributed by atoms with Crippen LogP contribution in [0.4, 0.5) is 0 Å². The fourth-order valence-electron chi connectivity index (χ4n) is 2.69. The van der Waals surface area contributed by atoms with E-state index in [1.54, 1.807) is 0 Å². The third-order valence-electron chi connectivity index (χ3n) is 3.75. The molecule has 0 radical (unpaired) electrons. The summed E-state index contributed by atoms with van der Waals surface area (Å²) in [7, 11) is 2.03. The van der Waals surface area contributed by atoms with Crippen molar-refractivity contribution >= 4 is 15.9 Å². The Bertz CT molecular complexity index is 437. The van der Waals surface area contributed by atoms with E-state index in [1.165, 1.54) is 11.1 Å². The van der Waals surface area contributed by atoms with Gasteiger partial charge in [-0.2, -0.15) is 0 Å². The highest BCUT2D eigenvalue weighted by atomic mass is 79.9. The average molecular weight is 342 g/mol. The second-order valence-corrected chi connectivity index (χ2v) is 6.10. The van der Waals surface area contributed by atoms with Gasteiger partial charge in [-0.3, -0.25) is 0 Å². The van der Waals surface area contributed by atoms with Crippen LogP contribution in [-0.2, 0) is 17.6 Å². The zero-order valence-corrected chi connectivity index (χ0v) is 14.0. The van der Waals surface area contributed by atoms with Crippen molar-refractivity contribution in [3.8, 4) is 5.75 Å². The molecule has 0 saturated carbocycles. The van der Waals surface area contributed by atoms with Crippen molar-refractivity contribution in [1.82, 2.24) is 5.32 Å². The Balaban J connectivity index is 1.97. The molecule has 0 fully saturated rings. The molecule has 1 atom stereocenters. The molecule has 0 aliphatic carbocycles. The predicted molar refractivity (Wildman–Crippen MR) is 85.6 cm³/mol. The van der Waals surface area contributed by atoms with Crippen molar-refractivity contribution in [2.45, 2.75) is 38.6 Å². The van der Waals surface area contributed by atoms with E-state index in [0.717, 1.165) is 55.7 Å². The predicted octanol–water partition coefficient (Wildman–Crippen LogP) is 3.33. The second kappa shape index (κ2) is 8.01. The van der Waals surface area contributed by atoms with Gasteiger partial charge in [-0.1, -0.05) is 15.9 Å². The van der Waals surface area contributed by atoms with Crippen LogP contribution in [0.3, 0.4) is 0 Å². The number of fused-ring (bicyclic) bond motifs is 1. The quantitative estimate of drug-likeness (QED) is 0.735. The number of rotatable bonds is 8. The van der Waals surface area contributed by atoms with Gasteiger partial charge in [-0.15, -0.1) is 0 Å². The summed E-state index contributed by atoms with van der Waals surface area (Å²) in [4.78, 5) is 0. The van der Waals surface area contributed by atoms with Gasteiger partial charge in [0, 0.05) is 30.1 Å². The Hall–Kier alpha value is -0.580. The van der Waals surface area contributed by atoms with E-state index in [-0.39, 0.29) is 0 Å². The van der Waals surface area contributed by atoms with Crippen LogP contribution >= 0.6 is 15.9 Å². The van der Waals surface area contributed by atoms with Crippen LogP contribution < -0.4 is 10.1 Å². The van der Waals surface area contributed by atoms with E-state index >= 15 is 0 Å². The Morgan fingerprint density at radius 2 is 2.30 bits per heavy atom. The number of likely N-dealkylation sites (N-methyl/N-ethyl adjacent to an activating group) is 1. The van der Waals surface area contributed by atoms with Gasteiger partial charge >= 0.3 is 0 Å². The lowest BCUT2D eigenvalue weighted by molar-refractivity contribution is 0.141. The molecule has 1 aliphatic heterocycles. The lowest BCUT2D eigenvalue weighted by atomic mass is 9.99. The summed E-state index contributed by atoms with van der Waals surface area (Å²) in [5.41, 5.74) is 2.64. The molecule has 0 saturated heterocycles. The summed E-state index contributed by atoms with van der Waals surface area (Å²) >= 11 is 3.60. The maximum atomic E-state index is 5.80. The van der Waals surface area contributed by atoms with Gasteiger partial charge in [0.2, 0.25) is 0 Å². The number of ether oxygens (including phenoxy) is 2. The minimum Gasteiger partial charge on any atom is -0.493 e. The van der Waals surface area contributed by atoms with Crippen LogP contribution in [0.25, 0.3) is 0 Å². The molecule has 0 bridgehead atoms. The monoisotopic (exact) mass is 341 g/mol. The largest absolute Gasteiger partial charge is 0.493 e. The molecule has 4 heteroatoms. The van der Waals surface area contributed by atoms with Gasteiger partial charge in [0.1, 0.15) is 5.75 Å². The Labute approximate surface area is 130 Å². The van der Waals surface area contributed by atoms with E-state index in [9.17, 15) is 0 Å². The SMILES string of the molecule is CCOCCCC(Cc1cc(Br)cc2c1OCC2)NC. The summed E-state index contributed by atoms with van der Waals surface area (Å²) in [6.45, 7) is 4.50. The first-order valence-corrected chi connectivity index (χ1v) is 8.23. The maximum Gasteiger partial charge on any atom is 0.125 e. The minimum atomic E-state index is 0.470. The lowest BCUT2D eigenvalue weighted by Crippen LogP contribution is -2.28. The van der Waals surface area contributed by atoms with E-state index in [4.69, 9.17) is 9.47 Å². The van der Waals surface area contributed by atoms with Crippen LogP contribution in [0.5, 0.6) is 5.75 Å². The van der Waals surface area contributed by atoms with Gasteiger partial charge < -0.3 is 14.8 Å². The molecule has 0 amide bonds. The van der Waals surface area contributed by atoms with E-state index in [1.807, 2.05) is 14.0 Å². The van der Waals surface area contributed by atoms with Gasteiger partial charge in [0.15, 0.2) is 0 Å². The zero-order valence-electron chi connectivity index (χ0n) is 12.4. The fourth-order valence-corrected chi connectivity index (χ4v) is 3.24. The van der Waals surface area contributed by atoms with Crippen LogP contribution in [-0.4, -0.2) is 32.9 Å². The van der Waals surface area contributed by atoms with Crippen molar-refractivity contribution in [3.63, 3.8) is 0 Å². The van der Waals surface area contributed by atoms with Crippen molar-refractivity contribution in [2.24, 2.45) is 0 Å². The van der Waals surface area contributed by atoms with Gasteiger partial charge in [0.05, 0.1) is 6.61 Å². The molecule has 0 aromatic heterocycles. The van der Waals surface area contributed by atoms with Crippen LogP contribution in [0, 0.1) is 0 Å². The summed E-state index contributed by atoms with van der Waals surface area (Å²) in [5.74, 6) is 1.11. The van der Waals surface area contributed by atoms with Crippen molar-refractivity contribution in [3.05, 3.63) is 27.7 Å². The summed E-state index contributed by atoms with van der Waals surface area (Å²) in [6.07, 6.45) is 4.24. The molecule has 1 aromatic rings. The smallest absolute Gasteiger partial charge is 0.125 e. The first kappa shape index (κ1) is 15.8. The summed E-state index contributed by atoms with van der Waals surface area (Å²) < 4.78 is 12.4. The van der Waals surface area contributed by atoms with Crippen LogP contribution in [0.15, 0.2) is 16.6 Å². The molecule has 2 rings (SSSR count). The molecule has 1 heterocycles. The van der Waals surface area contributed by atoms with E-state index in [2.05, 4.69) is 33.4 Å². The molecular formula is C16H24BrNO2. The second-order valence-electron chi connectivity index (χ2n) is 5.18. The molecule has 112 valence electrons. The number of nitrogens with one attached hydrogen (secondary N) is 1. The number of hydrogen-bond acceptors (Lipinski definition) is 3. The van der Waals surface area contributed by atoms with Gasteiger partial charge in [-0.05, 0) is 56.5 Å². The Kier molecular flexibility index (Phi) is 6.33. The highest BCUT2D eigenvalue weighted by Crippen LogP contribution is 2.33. The average Bonchev–Trinajstić information content (AvgIpc) is 2.90. The molecule has 0 spiro atoms. The summed E-state index contributed by atoms with van der Waals surface area (Å²) in [6, 6.07) is 4.84. The standard InChI is InChI=1S/C16H24BrNO2/c1-3-19-7-4-5-15(18-2)11-13-10-14(17)9-12-6-8-20-16(12)13/h9-10,15,18H,3-8,11H2,1-2H3. The fraction of sp³-hybridized carbons (Fsp3) is 0.625. The summed E-state index contributed by atoms with van der Waals surface area (Å²) in [5, 5.41) is 3.41. The van der Waals surface area contributed by atoms with Crippen molar-refractivity contribution in [2.75, 3.05) is 26.9 Å². The third kappa shape index (κ3) is 4.21. The lowest BCUT2D eigenvalue weighted by Gasteiger charge is -2.18. The topological polar surface area (TPSA) is 30.5 Å². The highest BCUT2D eigenvalue weighted by molar-refractivity contribution is 9.10. The highest BCUT2D eigenvalue weighted by Gasteiger charge is 2.19. The minimum absolute atomic E-state index is 0.470. The van der Waals surface area contributed by atoms with Gasteiger partial charge in [-0.25, -0.2) is 0 Å². The van der Waals surface area contributed by atoms with Gasteiger partial charge in [0.25, 0.3) is 0 Å². The normalized spacial score (nSPS) is 14.9.